The molecular weight excluding hydrogens is 473 g/mol. The molecule has 0 bridgehead atoms. The van der Waals surface area contributed by atoms with Crippen molar-refractivity contribution in [2.75, 3.05) is 15.4 Å². The molecule has 0 saturated heterocycles. The lowest BCUT2D eigenvalue weighted by molar-refractivity contribution is 0.601. The van der Waals surface area contributed by atoms with E-state index in [0.717, 1.165) is 0 Å². The Morgan fingerprint density at radius 3 is 1.79 bits per heavy atom. The fourth-order valence-corrected chi connectivity index (χ4v) is 4.32. The molecule has 3 N–H and O–H groups in total. The highest BCUT2D eigenvalue weighted by Crippen LogP contribution is 2.23. The molecular formula is C19H14Cl3N3O2S2. The average Bonchev–Trinajstić information content (AvgIpc) is 2.63. The Hall–Kier alpha value is -2.03. The van der Waals surface area contributed by atoms with Gasteiger partial charge in [0.25, 0.3) is 10.0 Å². The van der Waals surface area contributed by atoms with Crippen molar-refractivity contribution >= 4 is 79.2 Å². The molecule has 0 radical (unpaired) electrons. The van der Waals surface area contributed by atoms with E-state index in [4.69, 9.17) is 47.0 Å². The van der Waals surface area contributed by atoms with Crippen LogP contribution in [0.4, 0.5) is 17.1 Å². The maximum atomic E-state index is 12.5. The molecule has 0 heterocycles. The predicted octanol–water partition coefficient (Wildman–Crippen LogP) is 6.26. The van der Waals surface area contributed by atoms with E-state index < -0.39 is 10.0 Å². The Morgan fingerprint density at radius 2 is 1.21 bits per heavy atom. The lowest BCUT2D eigenvalue weighted by Gasteiger charge is -2.12. The molecule has 10 heteroatoms. The molecule has 29 heavy (non-hydrogen) atoms. The van der Waals surface area contributed by atoms with Gasteiger partial charge in [-0.15, -0.1) is 0 Å². The van der Waals surface area contributed by atoms with Crippen LogP contribution in [0, 0.1) is 0 Å². The summed E-state index contributed by atoms with van der Waals surface area (Å²) in [5.74, 6) is 0. The van der Waals surface area contributed by atoms with Crippen molar-refractivity contribution in [1.29, 1.82) is 0 Å². The molecule has 0 spiro atoms. The lowest BCUT2D eigenvalue weighted by Crippen LogP contribution is -2.19. The number of benzene rings is 3. The molecule has 0 aromatic heterocycles. The van der Waals surface area contributed by atoms with Gasteiger partial charge in [-0.3, -0.25) is 4.72 Å². The maximum absolute atomic E-state index is 12.5. The molecule has 0 fully saturated rings. The zero-order chi connectivity index (χ0) is 21.0. The fourth-order valence-electron chi connectivity index (χ4n) is 2.37. The molecule has 0 saturated carbocycles. The van der Waals surface area contributed by atoms with Crippen molar-refractivity contribution < 1.29 is 8.42 Å². The van der Waals surface area contributed by atoms with Gasteiger partial charge < -0.3 is 10.6 Å². The summed E-state index contributed by atoms with van der Waals surface area (Å²) in [6, 6.07) is 17.5. The average molecular weight is 487 g/mol. The summed E-state index contributed by atoms with van der Waals surface area (Å²) >= 11 is 23.0. The second kappa shape index (κ2) is 9.19. The topological polar surface area (TPSA) is 70.2 Å². The fraction of sp³-hybridized carbons (Fsp3) is 0. The molecule has 0 aliphatic rings. The molecule has 3 aromatic rings. The number of halogens is 3. The van der Waals surface area contributed by atoms with Crippen molar-refractivity contribution in [3.8, 4) is 0 Å². The van der Waals surface area contributed by atoms with E-state index in [1.165, 1.54) is 12.1 Å². The Balaban J connectivity index is 1.66. The van der Waals surface area contributed by atoms with E-state index in [1.807, 2.05) is 0 Å². The minimum Gasteiger partial charge on any atom is -0.332 e. The van der Waals surface area contributed by atoms with E-state index in [0.29, 0.717) is 37.2 Å². The van der Waals surface area contributed by atoms with Crippen LogP contribution in [0.1, 0.15) is 0 Å². The molecule has 3 aromatic carbocycles. The first-order valence-corrected chi connectivity index (χ1v) is 11.2. The normalized spacial score (nSPS) is 11.0. The van der Waals surface area contributed by atoms with Gasteiger partial charge in [-0.25, -0.2) is 8.42 Å². The highest BCUT2D eigenvalue weighted by molar-refractivity contribution is 7.92. The third-order valence-corrected chi connectivity index (χ3v) is 5.93. The van der Waals surface area contributed by atoms with Crippen LogP contribution in [0.5, 0.6) is 0 Å². The minimum absolute atomic E-state index is 0.110. The first-order chi connectivity index (χ1) is 13.7. The van der Waals surface area contributed by atoms with E-state index in [1.54, 1.807) is 54.6 Å². The van der Waals surface area contributed by atoms with Crippen LogP contribution < -0.4 is 15.4 Å². The number of thiocarbonyl (C=S) groups is 1. The number of rotatable bonds is 5. The third-order valence-electron chi connectivity index (χ3n) is 3.64. The third kappa shape index (κ3) is 6.22. The van der Waals surface area contributed by atoms with E-state index in [9.17, 15) is 8.42 Å². The van der Waals surface area contributed by atoms with Crippen molar-refractivity contribution in [1.82, 2.24) is 0 Å². The van der Waals surface area contributed by atoms with Gasteiger partial charge in [0, 0.05) is 32.1 Å². The summed E-state index contributed by atoms with van der Waals surface area (Å²) in [6.45, 7) is 0. The Labute approximate surface area is 189 Å². The summed E-state index contributed by atoms with van der Waals surface area (Å²) in [7, 11) is -3.73. The quantitative estimate of drug-likeness (QED) is 0.371. The molecule has 5 nitrogen and oxygen atoms in total. The standard InChI is InChI=1S/C19H14Cl3N3O2S2/c20-12-1-3-16(4-2-12)25-29(26,27)18-7-5-15(6-8-18)23-19(28)24-17-10-13(21)9-14(22)11-17/h1-11,25H,(H2,23,24,28). The smallest absolute Gasteiger partial charge is 0.261 e. The van der Waals surface area contributed by atoms with E-state index >= 15 is 0 Å². The maximum Gasteiger partial charge on any atom is 0.261 e. The Kier molecular flexibility index (Phi) is 6.87. The number of hydrogen-bond donors (Lipinski definition) is 3. The van der Waals surface area contributed by atoms with E-state index in [-0.39, 0.29) is 4.90 Å². The Bertz CT molecular complexity index is 1120. The molecule has 0 unspecified atom stereocenters. The summed E-state index contributed by atoms with van der Waals surface area (Å²) < 4.78 is 27.5. The van der Waals surface area contributed by atoms with E-state index in [2.05, 4.69) is 15.4 Å². The number of anilines is 3. The minimum atomic E-state index is -3.73. The van der Waals surface area contributed by atoms with Gasteiger partial charge in [0.15, 0.2) is 5.11 Å². The van der Waals surface area contributed by atoms with Crippen molar-refractivity contribution in [2.24, 2.45) is 0 Å². The molecule has 0 aliphatic heterocycles. The second-order valence-electron chi connectivity index (χ2n) is 5.87. The Morgan fingerprint density at radius 1 is 0.690 bits per heavy atom. The van der Waals surface area contributed by atoms with Gasteiger partial charge >= 0.3 is 0 Å². The zero-order valence-electron chi connectivity index (χ0n) is 14.6. The van der Waals surface area contributed by atoms with Gasteiger partial charge in [0.05, 0.1) is 4.90 Å². The number of hydrogen-bond acceptors (Lipinski definition) is 3. The van der Waals surface area contributed by atoms with Gasteiger partial charge in [-0.1, -0.05) is 34.8 Å². The van der Waals surface area contributed by atoms with Crippen molar-refractivity contribution in [3.63, 3.8) is 0 Å². The van der Waals surface area contributed by atoms with Gasteiger partial charge in [-0.2, -0.15) is 0 Å². The largest absolute Gasteiger partial charge is 0.332 e. The summed E-state index contributed by atoms with van der Waals surface area (Å²) in [5.41, 5.74) is 1.66. The van der Waals surface area contributed by atoms with Crippen LogP contribution in [0.2, 0.25) is 15.1 Å². The van der Waals surface area contributed by atoms with Crippen LogP contribution >= 0.6 is 47.0 Å². The van der Waals surface area contributed by atoms with Crippen LogP contribution in [0.3, 0.4) is 0 Å². The summed E-state index contributed by atoms with van der Waals surface area (Å²) in [5, 5.41) is 7.71. The summed E-state index contributed by atoms with van der Waals surface area (Å²) in [4.78, 5) is 0.110. The first-order valence-electron chi connectivity index (χ1n) is 8.14. The molecule has 3 rings (SSSR count). The molecule has 150 valence electrons. The number of sulfonamides is 1. The van der Waals surface area contributed by atoms with Crippen molar-refractivity contribution in [3.05, 3.63) is 81.8 Å². The molecule has 0 atom stereocenters. The van der Waals surface area contributed by atoms with Gasteiger partial charge in [0.1, 0.15) is 0 Å². The van der Waals surface area contributed by atoms with Crippen LogP contribution in [-0.2, 0) is 10.0 Å². The zero-order valence-corrected chi connectivity index (χ0v) is 18.5. The van der Waals surface area contributed by atoms with Crippen LogP contribution in [0.15, 0.2) is 71.6 Å². The van der Waals surface area contributed by atoms with Crippen LogP contribution in [-0.4, -0.2) is 13.5 Å². The van der Waals surface area contributed by atoms with Gasteiger partial charge in [0.2, 0.25) is 0 Å². The second-order valence-corrected chi connectivity index (χ2v) is 9.27. The SMILES string of the molecule is O=S(=O)(Nc1ccc(Cl)cc1)c1ccc(NC(=S)Nc2cc(Cl)cc(Cl)c2)cc1. The predicted molar refractivity (Wildman–Crippen MR) is 125 cm³/mol. The first kappa shape index (κ1) is 21.7. The monoisotopic (exact) mass is 485 g/mol. The van der Waals surface area contributed by atoms with Crippen LogP contribution in [0.25, 0.3) is 0 Å². The van der Waals surface area contributed by atoms with Crippen molar-refractivity contribution in [2.45, 2.75) is 4.90 Å². The lowest BCUT2D eigenvalue weighted by atomic mass is 10.3. The molecule has 0 aliphatic carbocycles. The van der Waals surface area contributed by atoms with Gasteiger partial charge in [-0.05, 0) is 78.9 Å². The highest BCUT2D eigenvalue weighted by Gasteiger charge is 2.14. The highest BCUT2D eigenvalue weighted by atomic mass is 35.5. The number of nitrogens with one attached hydrogen (secondary N) is 3. The molecule has 0 amide bonds. The summed E-state index contributed by atoms with van der Waals surface area (Å²) in [6.07, 6.45) is 0.